The molecule has 2 atom stereocenters. The van der Waals surface area contributed by atoms with Crippen LogP contribution in [0.15, 0.2) is 28.7 Å². The number of carboxylic acid groups (broad SMARTS) is 1. The van der Waals surface area contributed by atoms with E-state index < -0.39 is 12.1 Å². The molecule has 1 unspecified atom stereocenters. The number of morpholine rings is 1. The van der Waals surface area contributed by atoms with Gasteiger partial charge in [0.05, 0.1) is 12.6 Å². The molecule has 2 aromatic rings. The summed E-state index contributed by atoms with van der Waals surface area (Å²) in [5.41, 5.74) is 1.31. The first-order valence-electron chi connectivity index (χ1n) is 6.90. The standard InChI is InChI=1S/C15H15BrN2O4/c1-8-6-18(7-13(22-8)15(20)21)14(19)12-4-9-2-3-10(16)5-11(9)17-12/h2-5,8,13,17H,6-7H2,1H3,(H,20,21)/t8-,13?/m1/s1. The maximum atomic E-state index is 12.6. The van der Waals surface area contributed by atoms with Gasteiger partial charge >= 0.3 is 5.97 Å². The number of aromatic nitrogens is 1. The normalized spacial score (nSPS) is 22.0. The van der Waals surface area contributed by atoms with Crippen LogP contribution in [0.25, 0.3) is 10.9 Å². The molecular formula is C15H15BrN2O4. The van der Waals surface area contributed by atoms with E-state index in [9.17, 15) is 9.59 Å². The maximum Gasteiger partial charge on any atom is 0.334 e. The van der Waals surface area contributed by atoms with Gasteiger partial charge in [-0.3, -0.25) is 4.79 Å². The van der Waals surface area contributed by atoms with Crippen LogP contribution in [-0.4, -0.2) is 52.2 Å². The molecule has 1 saturated heterocycles. The third-order valence-corrected chi connectivity index (χ3v) is 4.13. The number of nitrogens with one attached hydrogen (secondary N) is 1. The second-order valence-electron chi connectivity index (χ2n) is 5.40. The molecule has 3 rings (SSSR count). The Bertz CT molecular complexity index is 742. The third kappa shape index (κ3) is 2.86. The third-order valence-electron chi connectivity index (χ3n) is 3.64. The maximum absolute atomic E-state index is 12.6. The molecule has 0 bridgehead atoms. The Morgan fingerprint density at radius 2 is 2.14 bits per heavy atom. The quantitative estimate of drug-likeness (QED) is 0.853. The van der Waals surface area contributed by atoms with Crippen LogP contribution in [0, 0.1) is 0 Å². The zero-order chi connectivity index (χ0) is 15.9. The average Bonchev–Trinajstić information content (AvgIpc) is 2.88. The number of hydrogen-bond acceptors (Lipinski definition) is 3. The number of amides is 1. The number of carbonyl (C=O) groups is 2. The predicted octanol–water partition coefficient (Wildman–Crippen LogP) is 2.24. The summed E-state index contributed by atoms with van der Waals surface area (Å²) < 4.78 is 6.25. The summed E-state index contributed by atoms with van der Waals surface area (Å²) in [5.74, 6) is -1.27. The van der Waals surface area contributed by atoms with Crippen molar-refractivity contribution in [3.05, 3.63) is 34.4 Å². The average molecular weight is 367 g/mol. The van der Waals surface area contributed by atoms with E-state index in [0.717, 1.165) is 15.4 Å². The van der Waals surface area contributed by atoms with Crippen LogP contribution >= 0.6 is 15.9 Å². The molecule has 0 saturated carbocycles. The van der Waals surface area contributed by atoms with Crippen LogP contribution in [0.1, 0.15) is 17.4 Å². The van der Waals surface area contributed by atoms with Crippen molar-refractivity contribution in [2.45, 2.75) is 19.1 Å². The van der Waals surface area contributed by atoms with E-state index in [1.807, 2.05) is 18.2 Å². The fraction of sp³-hybridized carbons (Fsp3) is 0.333. The lowest BCUT2D eigenvalue weighted by molar-refractivity contribution is -0.160. The highest BCUT2D eigenvalue weighted by atomic mass is 79.9. The van der Waals surface area contributed by atoms with Gasteiger partial charge in [-0.2, -0.15) is 0 Å². The monoisotopic (exact) mass is 366 g/mol. The minimum absolute atomic E-state index is 0.0531. The van der Waals surface area contributed by atoms with Gasteiger partial charge in [-0.25, -0.2) is 4.79 Å². The molecule has 0 radical (unpaired) electrons. The Balaban J connectivity index is 1.86. The molecule has 116 valence electrons. The topological polar surface area (TPSA) is 82.6 Å². The number of benzene rings is 1. The number of aromatic amines is 1. The van der Waals surface area contributed by atoms with E-state index in [4.69, 9.17) is 9.84 Å². The van der Waals surface area contributed by atoms with Crippen molar-refractivity contribution in [3.63, 3.8) is 0 Å². The molecule has 2 N–H and O–H groups in total. The van der Waals surface area contributed by atoms with Gasteiger partial charge in [0.1, 0.15) is 5.69 Å². The molecule has 1 aliphatic heterocycles. The number of ether oxygens (including phenoxy) is 1. The molecule has 2 heterocycles. The van der Waals surface area contributed by atoms with Crippen LogP contribution in [-0.2, 0) is 9.53 Å². The van der Waals surface area contributed by atoms with E-state index in [0.29, 0.717) is 12.2 Å². The van der Waals surface area contributed by atoms with Crippen molar-refractivity contribution in [2.75, 3.05) is 13.1 Å². The van der Waals surface area contributed by atoms with E-state index in [1.165, 1.54) is 4.90 Å². The lowest BCUT2D eigenvalue weighted by Gasteiger charge is -2.34. The first-order valence-corrected chi connectivity index (χ1v) is 7.69. The number of hydrogen-bond donors (Lipinski definition) is 2. The van der Waals surface area contributed by atoms with Gasteiger partial charge in [0, 0.05) is 21.9 Å². The summed E-state index contributed by atoms with van der Waals surface area (Å²) in [5, 5.41) is 10.0. The van der Waals surface area contributed by atoms with Gasteiger partial charge in [-0.1, -0.05) is 22.0 Å². The first-order chi connectivity index (χ1) is 10.4. The molecule has 1 fully saturated rings. The van der Waals surface area contributed by atoms with Crippen LogP contribution in [0.5, 0.6) is 0 Å². The van der Waals surface area contributed by atoms with Crippen molar-refractivity contribution in [1.82, 2.24) is 9.88 Å². The molecule has 0 aliphatic carbocycles. The van der Waals surface area contributed by atoms with Crippen molar-refractivity contribution in [1.29, 1.82) is 0 Å². The Morgan fingerprint density at radius 1 is 1.36 bits per heavy atom. The Labute approximate surface area is 135 Å². The molecule has 0 spiro atoms. The molecule has 1 aromatic heterocycles. The lowest BCUT2D eigenvalue weighted by Crippen LogP contribution is -2.51. The van der Waals surface area contributed by atoms with Crippen molar-refractivity contribution < 1.29 is 19.4 Å². The fourth-order valence-electron chi connectivity index (χ4n) is 2.64. The number of carboxylic acids is 1. The zero-order valence-electron chi connectivity index (χ0n) is 11.9. The molecule has 1 aliphatic rings. The van der Waals surface area contributed by atoms with E-state index in [1.54, 1.807) is 13.0 Å². The molecule has 1 aromatic carbocycles. The zero-order valence-corrected chi connectivity index (χ0v) is 13.5. The highest BCUT2D eigenvalue weighted by molar-refractivity contribution is 9.10. The van der Waals surface area contributed by atoms with Crippen molar-refractivity contribution in [2.24, 2.45) is 0 Å². The van der Waals surface area contributed by atoms with Crippen LogP contribution < -0.4 is 0 Å². The number of H-pyrrole nitrogens is 1. The first kappa shape index (κ1) is 15.1. The minimum atomic E-state index is -1.05. The highest BCUT2D eigenvalue weighted by Crippen LogP contribution is 2.22. The summed E-state index contributed by atoms with van der Waals surface area (Å²) in [6.45, 7) is 2.19. The summed E-state index contributed by atoms with van der Waals surface area (Å²) in [6.07, 6.45) is -1.29. The summed E-state index contributed by atoms with van der Waals surface area (Å²) in [4.78, 5) is 28.3. The van der Waals surface area contributed by atoms with E-state index >= 15 is 0 Å². The SMILES string of the molecule is C[C@@H]1CN(C(=O)c2cc3ccc(Br)cc3[nH]2)CC(C(=O)O)O1. The van der Waals surface area contributed by atoms with Gasteiger partial charge in [0.25, 0.3) is 5.91 Å². The number of halogens is 1. The largest absolute Gasteiger partial charge is 0.479 e. The van der Waals surface area contributed by atoms with Crippen LogP contribution in [0.4, 0.5) is 0 Å². The van der Waals surface area contributed by atoms with Gasteiger partial charge < -0.3 is 19.7 Å². The predicted molar refractivity (Wildman–Crippen MR) is 83.9 cm³/mol. The van der Waals surface area contributed by atoms with Crippen LogP contribution in [0.2, 0.25) is 0 Å². The van der Waals surface area contributed by atoms with E-state index in [-0.39, 0.29) is 18.6 Å². The van der Waals surface area contributed by atoms with Gasteiger partial charge in [0.2, 0.25) is 0 Å². The van der Waals surface area contributed by atoms with Crippen molar-refractivity contribution in [3.8, 4) is 0 Å². The lowest BCUT2D eigenvalue weighted by atomic mass is 10.2. The molecule has 22 heavy (non-hydrogen) atoms. The summed E-state index contributed by atoms with van der Waals surface area (Å²) in [7, 11) is 0. The Kier molecular flexibility index (Phi) is 3.92. The van der Waals surface area contributed by atoms with Gasteiger partial charge in [-0.15, -0.1) is 0 Å². The highest BCUT2D eigenvalue weighted by Gasteiger charge is 2.33. The smallest absolute Gasteiger partial charge is 0.334 e. The number of nitrogens with zero attached hydrogens (tertiary/aromatic N) is 1. The Hall–Kier alpha value is -1.86. The molecule has 7 heteroatoms. The second kappa shape index (κ2) is 5.73. The summed E-state index contributed by atoms with van der Waals surface area (Å²) in [6, 6.07) is 7.49. The van der Waals surface area contributed by atoms with E-state index in [2.05, 4.69) is 20.9 Å². The number of carbonyl (C=O) groups excluding carboxylic acids is 1. The van der Waals surface area contributed by atoms with Gasteiger partial charge in [0.15, 0.2) is 6.10 Å². The van der Waals surface area contributed by atoms with Gasteiger partial charge in [-0.05, 0) is 25.1 Å². The van der Waals surface area contributed by atoms with Crippen molar-refractivity contribution >= 4 is 38.7 Å². The molecular weight excluding hydrogens is 352 g/mol. The number of fused-ring (bicyclic) bond motifs is 1. The Morgan fingerprint density at radius 3 is 2.86 bits per heavy atom. The number of aliphatic carboxylic acids is 1. The number of rotatable bonds is 2. The molecule has 1 amide bonds. The minimum Gasteiger partial charge on any atom is -0.479 e. The summed E-state index contributed by atoms with van der Waals surface area (Å²) >= 11 is 3.39. The second-order valence-corrected chi connectivity index (χ2v) is 6.31. The van der Waals surface area contributed by atoms with Crippen LogP contribution in [0.3, 0.4) is 0 Å². The molecule has 6 nitrogen and oxygen atoms in total. The fourth-order valence-corrected chi connectivity index (χ4v) is 3.00.